The molecule has 1 heterocycles. The molecule has 0 bridgehead atoms. The van der Waals surface area contributed by atoms with Gasteiger partial charge in [-0.05, 0) is 30.3 Å². The van der Waals surface area contributed by atoms with E-state index >= 15 is 0 Å². The molecule has 8 heteroatoms. The Morgan fingerprint density at radius 2 is 1.84 bits per heavy atom. The maximum absolute atomic E-state index is 11.9. The number of H-pyrrole nitrogens is 1. The highest BCUT2D eigenvalue weighted by Gasteiger charge is 2.18. The molecule has 0 aliphatic rings. The van der Waals surface area contributed by atoms with Gasteiger partial charge in [-0.15, -0.1) is 0 Å². The predicted molar refractivity (Wildman–Crippen MR) is 66.7 cm³/mol. The van der Waals surface area contributed by atoms with E-state index in [-0.39, 0.29) is 22.0 Å². The molecule has 0 atom stereocenters. The van der Waals surface area contributed by atoms with E-state index in [0.29, 0.717) is 0 Å². The van der Waals surface area contributed by atoms with E-state index in [9.17, 15) is 13.2 Å². The molecule has 2 aromatic rings. The summed E-state index contributed by atoms with van der Waals surface area (Å²) in [4.78, 5) is 12.8. The van der Waals surface area contributed by atoms with Gasteiger partial charge in [0.05, 0.1) is 0 Å². The van der Waals surface area contributed by atoms with Crippen molar-refractivity contribution in [3.8, 4) is 5.75 Å². The molecule has 0 saturated carbocycles. The molecule has 19 heavy (non-hydrogen) atoms. The summed E-state index contributed by atoms with van der Waals surface area (Å²) >= 11 is 0. The number of aromatic hydroxyl groups is 1. The Labute approximate surface area is 108 Å². The third-order valence-electron chi connectivity index (χ3n) is 2.32. The van der Waals surface area contributed by atoms with E-state index in [1.165, 1.54) is 24.3 Å². The predicted octanol–water partition coefficient (Wildman–Crippen LogP) is 1.22. The number of carboxylic acid groups (broad SMARTS) is 1. The molecule has 7 nitrogen and oxygen atoms in total. The van der Waals surface area contributed by atoms with Crippen molar-refractivity contribution in [2.24, 2.45) is 0 Å². The Balaban J connectivity index is 2.26. The van der Waals surface area contributed by atoms with Gasteiger partial charge in [0.15, 0.2) is 0 Å². The number of aromatic amines is 1. The Kier molecular flexibility index (Phi) is 3.17. The lowest BCUT2D eigenvalue weighted by molar-refractivity contribution is 0.0691. The third kappa shape index (κ3) is 2.86. The molecule has 1 aromatic heterocycles. The fourth-order valence-corrected chi connectivity index (χ4v) is 2.45. The Morgan fingerprint density at radius 1 is 1.21 bits per heavy atom. The van der Waals surface area contributed by atoms with Gasteiger partial charge in [-0.1, -0.05) is 0 Å². The topological polar surface area (TPSA) is 119 Å². The molecular weight excluding hydrogens is 272 g/mol. The van der Waals surface area contributed by atoms with Crippen LogP contribution < -0.4 is 4.72 Å². The number of benzene rings is 1. The average molecular weight is 282 g/mol. The van der Waals surface area contributed by atoms with Gasteiger partial charge in [-0.2, -0.15) is 0 Å². The van der Waals surface area contributed by atoms with Crippen LogP contribution in [0.15, 0.2) is 41.4 Å². The highest BCUT2D eigenvalue weighted by molar-refractivity contribution is 7.92. The first-order chi connectivity index (χ1) is 8.88. The number of anilines is 1. The smallest absolute Gasteiger partial charge is 0.352 e. The number of carbonyl (C=O) groups is 1. The second-order valence-corrected chi connectivity index (χ2v) is 5.39. The van der Waals surface area contributed by atoms with Crippen LogP contribution in [-0.4, -0.2) is 29.6 Å². The van der Waals surface area contributed by atoms with Crippen molar-refractivity contribution in [2.45, 2.75) is 4.90 Å². The fourth-order valence-electron chi connectivity index (χ4n) is 1.40. The average Bonchev–Trinajstić information content (AvgIpc) is 2.82. The van der Waals surface area contributed by atoms with Crippen molar-refractivity contribution in [2.75, 3.05) is 4.72 Å². The molecule has 0 fully saturated rings. The summed E-state index contributed by atoms with van der Waals surface area (Å²) in [5, 5.41) is 17.8. The first-order valence-corrected chi connectivity index (χ1v) is 6.60. The molecule has 0 aliphatic heterocycles. The second kappa shape index (κ2) is 4.65. The minimum absolute atomic E-state index is 0.0118. The largest absolute Gasteiger partial charge is 0.508 e. The molecule has 2 rings (SSSR count). The number of aromatic nitrogens is 1. The number of nitrogens with one attached hydrogen (secondary N) is 2. The zero-order valence-corrected chi connectivity index (χ0v) is 10.3. The SMILES string of the molecule is O=C(O)c1cc(S(=O)(=O)Nc2ccc(O)cc2)c[nH]1. The van der Waals surface area contributed by atoms with E-state index in [0.717, 1.165) is 12.3 Å². The number of aromatic carboxylic acids is 1. The van der Waals surface area contributed by atoms with E-state index in [2.05, 4.69) is 9.71 Å². The van der Waals surface area contributed by atoms with Gasteiger partial charge in [0.1, 0.15) is 16.3 Å². The van der Waals surface area contributed by atoms with Crippen molar-refractivity contribution >= 4 is 21.7 Å². The lowest BCUT2D eigenvalue weighted by Crippen LogP contribution is -2.12. The van der Waals surface area contributed by atoms with E-state index in [4.69, 9.17) is 10.2 Å². The van der Waals surface area contributed by atoms with Crippen molar-refractivity contribution in [3.05, 3.63) is 42.2 Å². The van der Waals surface area contributed by atoms with E-state index < -0.39 is 16.0 Å². The van der Waals surface area contributed by atoms with Crippen LogP contribution in [0.5, 0.6) is 5.75 Å². The van der Waals surface area contributed by atoms with E-state index in [1.54, 1.807) is 0 Å². The number of hydrogen-bond donors (Lipinski definition) is 4. The van der Waals surface area contributed by atoms with Gasteiger partial charge < -0.3 is 15.2 Å². The summed E-state index contributed by atoms with van der Waals surface area (Å²) < 4.78 is 26.1. The molecule has 0 radical (unpaired) electrons. The van der Waals surface area contributed by atoms with Crippen LogP contribution in [0.3, 0.4) is 0 Å². The number of phenols is 1. The Bertz CT molecular complexity index is 703. The number of carboxylic acids is 1. The first kappa shape index (κ1) is 13.0. The molecule has 0 saturated heterocycles. The van der Waals surface area contributed by atoms with Crippen LogP contribution in [-0.2, 0) is 10.0 Å². The van der Waals surface area contributed by atoms with Crippen LogP contribution in [0.1, 0.15) is 10.5 Å². The number of hydrogen-bond acceptors (Lipinski definition) is 4. The van der Waals surface area contributed by atoms with Crippen molar-refractivity contribution < 1.29 is 23.4 Å². The summed E-state index contributed by atoms with van der Waals surface area (Å²) in [6.07, 6.45) is 1.09. The lowest BCUT2D eigenvalue weighted by Gasteiger charge is -2.05. The molecule has 0 spiro atoms. The summed E-state index contributed by atoms with van der Waals surface area (Å²) in [6.45, 7) is 0. The van der Waals surface area contributed by atoms with Crippen LogP contribution >= 0.6 is 0 Å². The van der Waals surface area contributed by atoms with Gasteiger partial charge in [0.2, 0.25) is 0 Å². The molecule has 0 unspecified atom stereocenters. The minimum atomic E-state index is -3.87. The summed E-state index contributed by atoms with van der Waals surface area (Å²) in [5.41, 5.74) is 0.0435. The normalized spacial score (nSPS) is 11.2. The second-order valence-electron chi connectivity index (χ2n) is 3.71. The minimum Gasteiger partial charge on any atom is -0.508 e. The Hall–Kier alpha value is -2.48. The van der Waals surface area contributed by atoms with Gasteiger partial charge >= 0.3 is 5.97 Å². The highest BCUT2D eigenvalue weighted by atomic mass is 32.2. The van der Waals surface area contributed by atoms with Gasteiger partial charge in [-0.3, -0.25) is 4.72 Å². The monoisotopic (exact) mass is 282 g/mol. The first-order valence-electron chi connectivity index (χ1n) is 5.12. The lowest BCUT2D eigenvalue weighted by atomic mass is 10.3. The van der Waals surface area contributed by atoms with Crippen LogP contribution in [0.2, 0.25) is 0 Å². The molecular formula is C11H10N2O5S. The van der Waals surface area contributed by atoms with Crippen LogP contribution in [0.25, 0.3) is 0 Å². The fraction of sp³-hybridized carbons (Fsp3) is 0. The zero-order valence-electron chi connectivity index (χ0n) is 9.49. The highest BCUT2D eigenvalue weighted by Crippen LogP contribution is 2.19. The number of sulfonamides is 1. The van der Waals surface area contributed by atoms with Gasteiger partial charge in [-0.25, -0.2) is 13.2 Å². The van der Waals surface area contributed by atoms with Gasteiger partial charge in [0, 0.05) is 11.9 Å². The molecule has 0 aliphatic carbocycles. The summed E-state index contributed by atoms with van der Waals surface area (Å²) in [7, 11) is -3.87. The standard InChI is InChI=1S/C11H10N2O5S/c14-8-3-1-7(2-4-8)13-19(17,18)9-5-10(11(15)16)12-6-9/h1-6,12-14H,(H,15,16). The number of phenolic OH excluding ortho intramolecular Hbond substituents is 1. The zero-order chi connectivity index (χ0) is 14.0. The van der Waals surface area contributed by atoms with Crippen LogP contribution in [0, 0.1) is 0 Å². The summed E-state index contributed by atoms with van der Waals surface area (Å²) in [6, 6.07) is 6.45. The van der Waals surface area contributed by atoms with Crippen molar-refractivity contribution in [1.82, 2.24) is 4.98 Å². The summed E-state index contributed by atoms with van der Waals surface area (Å²) in [5.74, 6) is -1.23. The molecule has 100 valence electrons. The molecule has 1 aromatic carbocycles. The van der Waals surface area contributed by atoms with Gasteiger partial charge in [0.25, 0.3) is 10.0 Å². The van der Waals surface area contributed by atoms with Crippen molar-refractivity contribution in [1.29, 1.82) is 0 Å². The Morgan fingerprint density at radius 3 is 2.37 bits per heavy atom. The maximum Gasteiger partial charge on any atom is 0.352 e. The van der Waals surface area contributed by atoms with E-state index in [1.807, 2.05) is 0 Å². The van der Waals surface area contributed by atoms with Crippen LogP contribution in [0.4, 0.5) is 5.69 Å². The molecule has 0 amide bonds. The quantitative estimate of drug-likeness (QED) is 0.628. The maximum atomic E-state index is 11.9. The molecule has 4 N–H and O–H groups in total. The number of rotatable bonds is 4. The van der Waals surface area contributed by atoms with Crippen molar-refractivity contribution in [3.63, 3.8) is 0 Å². The third-order valence-corrected chi connectivity index (χ3v) is 3.68.